The molecule has 1 aliphatic rings. The lowest BCUT2D eigenvalue weighted by atomic mass is 10.1. The summed E-state index contributed by atoms with van der Waals surface area (Å²) in [7, 11) is -1.12. The molecule has 0 aromatic heterocycles. The Morgan fingerprint density at radius 2 is 2.36 bits per heavy atom. The highest BCUT2D eigenvalue weighted by atomic mass is 35.5. The fourth-order valence-electron chi connectivity index (χ4n) is 1.36. The molecule has 5 heteroatoms. The summed E-state index contributed by atoms with van der Waals surface area (Å²) in [5, 5.41) is 0.728. The molecule has 0 saturated carbocycles. The topological polar surface area (TPSA) is 18.5 Å². The first-order valence-electron chi connectivity index (χ1n) is 4.28. The Hall–Kier alpha value is -0.0500. The second kappa shape index (κ2) is 4.65. The highest BCUT2D eigenvalue weighted by Gasteiger charge is 2.30. The average Bonchev–Trinajstić information content (AvgIpc) is 2.18. The molecule has 74 valence electrons. The van der Waals surface area contributed by atoms with E-state index < -0.39 is 7.15 Å². The second-order valence-electron chi connectivity index (χ2n) is 2.99. The maximum absolute atomic E-state index is 5.89. The van der Waals surface area contributed by atoms with Crippen molar-refractivity contribution in [1.82, 2.24) is 0 Å². The maximum atomic E-state index is 5.89. The van der Waals surface area contributed by atoms with Crippen LogP contribution >= 0.6 is 18.8 Å². The maximum Gasteiger partial charge on any atom is 0.522 e. The molecular weight excluding hydrogens is 239 g/mol. The van der Waals surface area contributed by atoms with Gasteiger partial charge < -0.3 is 0 Å². The molecule has 0 spiro atoms. The van der Waals surface area contributed by atoms with Gasteiger partial charge in [-0.25, -0.2) is 0 Å². The SMILES string of the molecule is S=[P+]1OCC[C@@H](c2cccc(Cl)c2)O1. The monoisotopic (exact) mass is 247 g/mol. The molecule has 0 amide bonds. The third kappa shape index (κ3) is 2.50. The highest BCUT2D eigenvalue weighted by Crippen LogP contribution is 2.40. The smallest absolute Gasteiger partial charge is 0.142 e. The first-order valence-corrected chi connectivity index (χ1v) is 6.85. The van der Waals surface area contributed by atoms with Crippen molar-refractivity contribution >= 4 is 30.6 Å². The second-order valence-corrected chi connectivity index (χ2v) is 5.24. The molecule has 1 aliphatic heterocycles. The van der Waals surface area contributed by atoms with Crippen molar-refractivity contribution < 1.29 is 9.05 Å². The predicted octanol–water partition coefficient (Wildman–Crippen LogP) is 3.59. The van der Waals surface area contributed by atoms with Gasteiger partial charge in [-0.05, 0) is 17.7 Å². The van der Waals surface area contributed by atoms with Gasteiger partial charge in [-0.1, -0.05) is 23.7 Å². The van der Waals surface area contributed by atoms with Crippen molar-refractivity contribution in [3.63, 3.8) is 0 Å². The van der Waals surface area contributed by atoms with E-state index in [4.69, 9.17) is 32.5 Å². The summed E-state index contributed by atoms with van der Waals surface area (Å²) in [5.74, 6) is 0. The van der Waals surface area contributed by atoms with Gasteiger partial charge in [0, 0.05) is 11.4 Å². The third-order valence-electron chi connectivity index (χ3n) is 2.01. The van der Waals surface area contributed by atoms with Crippen LogP contribution in [0, 0.1) is 0 Å². The van der Waals surface area contributed by atoms with E-state index in [1.54, 1.807) is 0 Å². The zero-order chi connectivity index (χ0) is 9.97. The van der Waals surface area contributed by atoms with Crippen molar-refractivity contribution in [3.05, 3.63) is 34.9 Å². The van der Waals surface area contributed by atoms with Crippen LogP contribution in [0.25, 0.3) is 0 Å². The lowest BCUT2D eigenvalue weighted by Gasteiger charge is -2.14. The number of hydrogen-bond donors (Lipinski definition) is 0. The fraction of sp³-hybridized carbons (Fsp3) is 0.333. The first kappa shape index (κ1) is 10.5. The molecule has 2 rings (SSSR count). The molecule has 0 N–H and O–H groups in total. The minimum Gasteiger partial charge on any atom is -0.142 e. The van der Waals surface area contributed by atoms with Crippen LogP contribution in [0.4, 0.5) is 0 Å². The van der Waals surface area contributed by atoms with Crippen molar-refractivity contribution in [2.75, 3.05) is 6.61 Å². The van der Waals surface area contributed by atoms with Crippen LogP contribution in [0.1, 0.15) is 18.1 Å². The minimum atomic E-state index is -1.12. The third-order valence-corrected chi connectivity index (χ3v) is 3.64. The first-order chi connectivity index (χ1) is 6.75. The predicted molar refractivity (Wildman–Crippen MR) is 60.1 cm³/mol. The molecule has 2 nitrogen and oxygen atoms in total. The number of halogens is 1. The van der Waals surface area contributed by atoms with E-state index in [1.807, 2.05) is 24.3 Å². The summed E-state index contributed by atoms with van der Waals surface area (Å²) < 4.78 is 10.7. The largest absolute Gasteiger partial charge is 0.522 e. The molecule has 14 heavy (non-hydrogen) atoms. The van der Waals surface area contributed by atoms with E-state index >= 15 is 0 Å². The zero-order valence-electron chi connectivity index (χ0n) is 7.35. The summed E-state index contributed by atoms with van der Waals surface area (Å²) in [6.45, 7) is 0.673. The van der Waals surface area contributed by atoms with E-state index in [0.717, 1.165) is 17.0 Å². The molecule has 1 aromatic carbocycles. The molecule has 1 unspecified atom stereocenters. The van der Waals surface area contributed by atoms with Gasteiger partial charge in [0.05, 0.1) is 0 Å². The lowest BCUT2D eigenvalue weighted by molar-refractivity contribution is 0.119. The summed E-state index contributed by atoms with van der Waals surface area (Å²) in [6.07, 6.45) is 0.890. The van der Waals surface area contributed by atoms with Gasteiger partial charge in [0.2, 0.25) is 11.8 Å². The standard InChI is InChI=1S/C9H9ClO2PS/c10-8-3-1-2-7(6-8)9-4-5-11-13(14)12-9/h1-3,6,9H,4-5H2/q+1/t9-/m0/s1. The normalized spacial score (nSPS) is 24.9. The quantitative estimate of drug-likeness (QED) is 0.707. The molecule has 1 heterocycles. The summed E-state index contributed by atoms with van der Waals surface area (Å²) >= 11 is 10.9. The van der Waals surface area contributed by atoms with E-state index in [-0.39, 0.29) is 6.10 Å². The van der Waals surface area contributed by atoms with Gasteiger partial charge >= 0.3 is 7.15 Å². The van der Waals surface area contributed by atoms with Crippen molar-refractivity contribution in [3.8, 4) is 0 Å². The lowest BCUT2D eigenvalue weighted by Crippen LogP contribution is -2.08. The summed E-state index contributed by atoms with van der Waals surface area (Å²) in [6, 6.07) is 7.68. The molecule has 2 atom stereocenters. The van der Waals surface area contributed by atoms with Gasteiger partial charge in [-0.3, -0.25) is 0 Å². The van der Waals surface area contributed by atoms with E-state index in [9.17, 15) is 0 Å². The van der Waals surface area contributed by atoms with Crippen molar-refractivity contribution in [2.45, 2.75) is 12.5 Å². The number of benzene rings is 1. The summed E-state index contributed by atoms with van der Waals surface area (Å²) in [4.78, 5) is 0. The molecular formula is C9H9ClO2PS+. The van der Waals surface area contributed by atoms with Gasteiger partial charge in [0.15, 0.2) is 0 Å². The molecule has 0 aliphatic carbocycles. The summed E-state index contributed by atoms with van der Waals surface area (Å²) in [5.41, 5.74) is 1.08. The molecule has 1 saturated heterocycles. The number of hydrogen-bond acceptors (Lipinski definition) is 3. The van der Waals surface area contributed by atoms with Crippen LogP contribution < -0.4 is 0 Å². The van der Waals surface area contributed by atoms with Crippen molar-refractivity contribution in [1.29, 1.82) is 0 Å². The van der Waals surface area contributed by atoms with Crippen LogP contribution in [0.2, 0.25) is 5.02 Å². The highest BCUT2D eigenvalue weighted by molar-refractivity contribution is 8.00. The van der Waals surface area contributed by atoms with Gasteiger partial charge in [0.25, 0.3) is 0 Å². The Labute approximate surface area is 93.8 Å². The average molecular weight is 248 g/mol. The Bertz CT molecular complexity index is 358. The molecule has 1 aromatic rings. The van der Waals surface area contributed by atoms with Gasteiger partial charge in [-0.15, -0.1) is 9.05 Å². The Kier molecular flexibility index (Phi) is 3.47. The van der Waals surface area contributed by atoms with Crippen LogP contribution in [-0.2, 0) is 20.9 Å². The molecule has 0 radical (unpaired) electrons. The van der Waals surface area contributed by atoms with E-state index in [2.05, 4.69) is 0 Å². The van der Waals surface area contributed by atoms with Crippen LogP contribution in [0.3, 0.4) is 0 Å². The zero-order valence-corrected chi connectivity index (χ0v) is 9.82. The Morgan fingerprint density at radius 1 is 1.50 bits per heavy atom. The molecule has 0 bridgehead atoms. The van der Waals surface area contributed by atoms with Gasteiger partial charge in [-0.2, -0.15) is 0 Å². The van der Waals surface area contributed by atoms with E-state index in [0.29, 0.717) is 6.61 Å². The van der Waals surface area contributed by atoms with Gasteiger partial charge in [0.1, 0.15) is 12.7 Å². The molecule has 1 fully saturated rings. The minimum absolute atomic E-state index is 0.0473. The van der Waals surface area contributed by atoms with Crippen LogP contribution in [-0.4, -0.2) is 6.61 Å². The van der Waals surface area contributed by atoms with Crippen LogP contribution in [0.5, 0.6) is 0 Å². The Morgan fingerprint density at radius 3 is 3.07 bits per heavy atom. The Balaban J connectivity index is 2.17. The van der Waals surface area contributed by atoms with Crippen molar-refractivity contribution in [2.24, 2.45) is 0 Å². The number of rotatable bonds is 1. The van der Waals surface area contributed by atoms with Crippen LogP contribution in [0.15, 0.2) is 24.3 Å². The fourth-order valence-corrected chi connectivity index (χ4v) is 2.84. The van der Waals surface area contributed by atoms with E-state index in [1.165, 1.54) is 0 Å².